The molecule has 0 bridgehead atoms. The second kappa shape index (κ2) is 36.9. The predicted molar refractivity (Wildman–Crippen MR) is 191 cm³/mol. The van der Waals surface area contributed by atoms with Gasteiger partial charge in [-0.25, -0.2) is 0 Å². The van der Waals surface area contributed by atoms with Gasteiger partial charge in [-0.1, -0.05) is 130 Å². The summed E-state index contributed by atoms with van der Waals surface area (Å²) in [5, 5.41) is 0. The lowest BCUT2D eigenvalue weighted by Crippen LogP contribution is -2.13. The zero-order valence-electron chi connectivity index (χ0n) is 25.5. The zero-order chi connectivity index (χ0) is 24.3. The number of hydrogen-bond donors (Lipinski definition) is 0. The maximum Gasteiger partial charge on any atom is 0.0594 e. The van der Waals surface area contributed by atoms with E-state index in [1.165, 1.54) is 128 Å². The molecule has 0 aromatic carbocycles. The van der Waals surface area contributed by atoms with Crippen LogP contribution >= 0.6 is 58.2 Å². The molecule has 0 rings (SSSR count). The Bertz CT molecular complexity index is 296. The lowest BCUT2D eigenvalue weighted by molar-refractivity contribution is 0.610. The average molecular weight is 727 g/mol. The summed E-state index contributed by atoms with van der Waals surface area (Å²) in [5.41, 5.74) is 0. The summed E-state index contributed by atoms with van der Waals surface area (Å²) in [6.07, 6.45) is 42.1. The molecule has 0 aliphatic rings. The molecule has 0 aromatic heterocycles. The van der Waals surface area contributed by atoms with E-state index < -0.39 is 7.26 Å². The van der Waals surface area contributed by atoms with Gasteiger partial charge in [0, 0.05) is 7.26 Å². The first-order chi connectivity index (χ1) is 16.2. The summed E-state index contributed by atoms with van der Waals surface area (Å²) in [7, 11) is -0.718. The third-order valence-electron chi connectivity index (χ3n) is 7.94. The summed E-state index contributed by atoms with van der Waals surface area (Å²) >= 11 is 0. The molecule has 0 atom stereocenters. The van der Waals surface area contributed by atoms with Crippen LogP contribution in [0.25, 0.3) is 0 Å². The van der Waals surface area contributed by atoms with E-state index in [1.54, 1.807) is 50.3 Å². The van der Waals surface area contributed by atoms with Crippen molar-refractivity contribution >= 4 is 58.2 Å². The Labute approximate surface area is 263 Å². The van der Waals surface area contributed by atoms with E-state index in [-0.39, 0.29) is 50.9 Å². The number of unbranched alkanes of at least 4 members (excludes halogenated alkanes) is 20. The highest BCUT2D eigenvalue weighted by Gasteiger charge is 2.34. The van der Waals surface area contributed by atoms with Crippen LogP contribution in [0.15, 0.2) is 0 Å². The molecule has 0 unspecified atom stereocenters. The van der Waals surface area contributed by atoms with Gasteiger partial charge in [0.15, 0.2) is 0 Å². The number of halogens is 3. The first-order valence-electron chi connectivity index (χ1n) is 16.1. The molecule has 0 aliphatic heterocycles. The van der Waals surface area contributed by atoms with Crippen LogP contribution in [0, 0.1) is 0 Å². The monoisotopic (exact) mass is 723 g/mol. The maximum absolute atomic E-state index is 2.35. The van der Waals surface area contributed by atoms with Crippen molar-refractivity contribution in [1.29, 1.82) is 0 Å². The Hall–Kier alpha value is 1.87. The molecule has 0 aliphatic carbocycles. The van der Waals surface area contributed by atoms with Crippen LogP contribution in [-0.2, 0) is 0 Å². The van der Waals surface area contributed by atoms with Crippen molar-refractivity contribution in [2.75, 3.05) is 24.6 Å². The smallest absolute Gasteiger partial charge is 0.0594 e. The molecule has 0 saturated heterocycles. The fourth-order valence-electron chi connectivity index (χ4n) is 5.58. The molecule has 0 heterocycles. The molecule has 0 fully saturated rings. The number of rotatable bonds is 28. The third-order valence-corrected chi connectivity index (χ3v) is 13.0. The minimum atomic E-state index is -0.718. The highest BCUT2D eigenvalue weighted by atomic mass is 79.9. The van der Waals surface area contributed by atoms with E-state index in [4.69, 9.17) is 0 Å². The highest BCUT2D eigenvalue weighted by molar-refractivity contribution is 8.93. The van der Waals surface area contributed by atoms with Gasteiger partial charge in [-0.2, -0.15) is 0 Å². The second-order valence-corrected chi connectivity index (χ2v) is 15.8. The number of hydrogen-bond acceptors (Lipinski definition) is 0. The van der Waals surface area contributed by atoms with Crippen molar-refractivity contribution in [3.05, 3.63) is 0 Å². The molecule has 0 aromatic rings. The van der Waals surface area contributed by atoms with Gasteiger partial charge in [0.25, 0.3) is 0 Å². The van der Waals surface area contributed by atoms with E-state index in [0.29, 0.717) is 0 Å². The van der Waals surface area contributed by atoms with Gasteiger partial charge in [0.05, 0.1) is 24.6 Å². The largest absolute Gasteiger partial charge is 0.114 e. The standard InChI is InChI=1S/C32H68P.3BrH/c1-5-9-13-17-21-25-29-33(30-26-22-18-14-10-6-2,31-27-23-19-15-11-7-3)32-28-24-20-16-12-8-4;;;/h5-32H2,1-4H3;3*1H/q+1;;;. The Morgan fingerprint density at radius 3 is 0.611 bits per heavy atom. The topological polar surface area (TPSA) is 0 Å². The minimum Gasteiger partial charge on any atom is -0.114 e. The summed E-state index contributed by atoms with van der Waals surface area (Å²) < 4.78 is 0. The minimum absolute atomic E-state index is 0. The van der Waals surface area contributed by atoms with Gasteiger partial charge in [-0.15, -0.1) is 50.9 Å². The van der Waals surface area contributed by atoms with Crippen LogP contribution in [0.1, 0.15) is 182 Å². The Morgan fingerprint density at radius 2 is 0.417 bits per heavy atom. The van der Waals surface area contributed by atoms with Crippen LogP contribution in [0.5, 0.6) is 0 Å². The maximum atomic E-state index is 2.35. The van der Waals surface area contributed by atoms with E-state index in [0.717, 1.165) is 0 Å². The molecule has 0 nitrogen and oxygen atoms in total. The summed E-state index contributed by atoms with van der Waals surface area (Å²) in [5.74, 6) is 0. The van der Waals surface area contributed by atoms with Crippen molar-refractivity contribution < 1.29 is 0 Å². The van der Waals surface area contributed by atoms with Crippen molar-refractivity contribution in [3.8, 4) is 0 Å². The SMILES string of the molecule is Br.Br.Br.CCCCCCCC[P+](CCCCCCCC)(CCCCCCCC)CCCCCCCC. The highest BCUT2D eigenvalue weighted by Crippen LogP contribution is 2.61. The lowest BCUT2D eigenvalue weighted by Gasteiger charge is -2.28. The summed E-state index contributed by atoms with van der Waals surface area (Å²) in [6, 6.07) is 0. The zero-order valence-corrected chi connectivity index (χ0v) is 31.5. The van der Waals surface area contributed by atoms with E-state index in [9.17, 15) is 0 Å². The second-order valence-electron chi connectivity index (χ2n) is 11.3. The van der Waals surface area contributed by atoms with Gasteiger partial charge in [-0.3, -0.25) is 0 Å². The Morgan fingerprint density at radius 1 is 0.250 bits per heavy atom. The molecule has 0 spiro atoms. The molecule has 0 saturated carbocycles. The first-order valence-corrected chi connectivity index (χ1v) is 18.6. The van der Waals surface area contributed by atoms with Gasteiger partial charge in [0.1, 0.15) is 0 Å². The van der Waals surface area contributed by atoms with Gasteiger partial charge >= 0.3 is 0 Å². The van der Waals surface area contributed by atoms with Gasteiger partial charge in [-0.05, 0) is 51.4 Å². The quantitative estimate of drug-likeness (QED) is 0.0556. The molecule has 0 N–H and O–H groups in total. The molecule has 0 amide bonds. The fourth-order valence-corrected chi connectivity index (χ4v) is 10.5. The molecule has 36 heavy (non-hydrogen) atoms. The Balaban J connectivity index is -0.00000171. The van der Waals surface area contributed by atoms with Crippen LogP contribution in [0.3, 0.4) is 0 Å². The van der Waals surface area contributed by atoms with Crippen LogP contribution in [0.4, 0.5) is 0 Å². The van der Waals surface area contributed by atoms with Crippen molar-refractivity contribution in [3.63, 3.8) is 0 Å². The Kier molecular flexibility index (Phi) is 46.0. The van der Waals surface area contributed by atoms with Gasteiger partial charge in [0.2, 0.25) is 0 Å². The fraction of sp³-hybridized carbons (Fsp3) is 1.00. The third kappa shape index (κ3) is 30.4. The van der Waals surface area contributed by atoms with Crippen LogP contribution in [0.2, 0.25) is 0 Å². The van der Waals surface area contributed by atoms with Crippen molar-refractivity contribution in [1.82, 2.24) is 0 Å². The van der Waals surface area contributed by atoms with Crippen molar-refractivity contribution in [2.45, 2.75) is 182 Å². The molecular weight excluding hydrogens is 655 g/mol. The molecule has 4 heteroatoms. The normalized spacial score (nSPS) is 11.0. The predicted octanol–water partition coefficient (Wildman–Crippen LogP) is 14.2. The van der Waals surface area contributed by atoms with Gasteiger partial charge < -0.3 is 0 Å². The van der Waals surface area contributed by atoms with Crippen LogP contribution in [-0.4, -0.2) is 24.6 Å². The average Bonchev–Trinajstić information content (AvgIpc) is 2.83. The lowest BCUT2D eigenvalue weighted by atomic mass is 10.1. The van der Waals surface area contributed by atoms with E-state index in [2.05, 4.69) is 27.7 Å². The van der Waals surface area contributed by atoms with Crippen molar-refractivity contribution in [2.24, 2.45) is 0 Å². The first kappa shape index (κ1) is 44.9. The summed E-state index contributed by atoms with van der Waals surface area (Å²) in [6.45, 7) is 9.38. The van der Waals surface area contributed by atoms with E-state index >= 15 is 0 Å². The van der Waals surface area contributed by atoms with E-state index in [1.807, 2.05) is 0 Å². The molecular formula is C32H71Br3P+. The molecule has 0 radical (unpaired) electrons. The summed E-state index contributed by atoms with van der Waals surface area (Å²) in [4.78, 5) is 0. The van der Waals surface area contributed by atoms with Crippen LogP contribution < -0.4 is 0 Å². The molecule has 224 valence electrons.